The quantitative estimate of drug-likeness (QED) is 0.796. The molecule has 1 aromatic rings. The van der Waals surface area contributed by atoms with Crippen molar-refractivity contribution in [2.45, 2.75) is 13.5 Å². The fourth-order valence-electron chi connectivity index (χ4n) is 1.41. The van der Waals surface area contributed by atoms with Gasteiger partial charge in [-0.25, -0.2) is 0 Å². The molecule has 1 atom stereocenters. The number of carbonyl (C=O) groups is 1. The van der Waals surface area contributed by atoms with Gasteiger partial charge in [0.15, 0.2) is 5.78 Å². The third-order valence-corrected chi connectivity index (χ3v) is 3.17. The largest absolute Gasteiger partial charge is 0.330 e. The average molecular weight is 303 g/mol. The summed E-state index contributed by atoms with van der Waals surface area (Å²) >= 11 is 3.36. The Bertz CT molecular complexity index is 389. The van der Waals surface area contributed by atoms with Crippen LogP contribution in [0.15, 0.2) is 10.7 Å². The molecule has 0 saturated heterocycles. The van der Waals surface area contributed by atoms with Crippen LogP contribution in [0.2, 0.25) is 0 Å². The molecule has 1 heterocycles. The number of likely N-dealkylation sites (N-methyl/N-ethyl adjacent to an activating group) is 1. The Balaban J connectivity index is 2.90. The Hall–Kier alpha value is -0.720. The van der Waals surface area contributed by atoms with Gasteiger partial charge in [-0.3, -0.25) is 9.48 Å². The maximum atomic E-state index is 12.1. The summed E-state index contributed by atoms with van der Waals surface area (Å²) in [5.41, 5.74) is 6.14. The highest BCUT2D eigenvalue weighted by Crippen LogP contribution is 2.19. The van der Waals surface area contributed by atoms with Crippen molar-refractivity contribution in [1.82, 2.24) is 14.7 Å². The van der Waals surface area contributed by atoms with Gasteiger partial charge in [0.25, 0.3) is 0 Å². The molecule has 1 rings (SSSR count). The van der Waals surface area contributed by atoms with E-state index < -0.39 is 0 Å². The molecule has 0 amide bonds. The van der Waals surface area contributed by atoms with E-state index in [2.05, 4.69) is 25.9 Å². The van der Waals surface area contributed by atoms with Crippen LogP contribution in [0.25, 0.3) is 0 Å². The predicted octanol–water partition coefficient (Wildman–Crippen LogP) is 0.985. The monoisotopic (exact) mass is 302 g/mol. The third-order valence-electron chi connectivity index (χ3n) is 2.59. The van der Waals surface area contributed by atoms with Crippen LogP contribution in [0.3, 0.4) is 0 Å². The lowest BCUT2D eigenvalue weighted by Gasteiger charge is -2.13. The zero-order valence-electron chi connectivity index (χ0n) is 10.5. The lowest BCUT2D eigenvalue weighted by atomic mass is 10.0. The maximum absolute atomic E-state index is 12.1. The second kappa shape index (κ2) is 6.28. The number of Topliss-reactive ketones (excluding diaryl/α,β-unsaturated/α-hetero) is 1. The summed E-state index contributed by atoms with van der Waals surface area (Å²) in [6.45, 7) is 3.71. The second-order valence-electron chi connectivity index (χ2n) is 4.37. The van der Waals surface area contributed by atoms with Crippen LogP contribution in [0.1, 0.15) is 17.4 Å². The SMILES string of the molecule is CC(CN)C(=O)c1c(Br)cnn1CCN(C)C. The molecule has 0 saturated carbocycles. The number of hydrogen-bond acceptors (Lipinski definition) is 4. The number of nitrogens with zero attached hydrogens (tertiary/aromatic N) is 3. The molecule has 6 heteroatoms. The first-order valence-corrected chi connectivity index (χ1v) is 6.37. The Morgan fingerprint density at radius 1 is 1.65 bits per heavy atom. The lowest BCUT2D eigenvalue weighted by Crippen LogP contribution is -2.26. The van der Waals surface area contributed by atoms with E-state index in [1.807, 2.05) is 21.0 Å². The van der Waals surface area contributed by atoms with Crippen molar-refractivity contribution < 1.29 is 4.79 Å². The van der Waals surface area contributed by atoms with Crippen LogP contribution >= 0.6 is 15.9 Å². The van der Waals surface area contributed by atoms with Crippen molar-refractivity contribution in [3.8, 4) is 0 Å². The minimum absolute atomic E-state index is 0.0376. The Kier molecular flexibility index (Phi) is 5.30. The van der Waals surface area contributed by atoms with Crippen molar-refractivity contribution in [2.75, 3.05) is 27.2 Å². The highest BCUT2D eigenvalue weighted by molar-refractivity contribution is 9.10. The first-order valence-electron chi connectivity index (χ1n) is 5.57. The molecule has 0 aromatic carbocycles. The zero-order valence-corrected chi connectivity index (χ0v) is 12.1. The molecule has 0 spiro atoms. The van der Waals surface area contributed by atoms with Crippen molar-refractivity contribution in [3.63, 3.8) is 0 Å². The summed E-state index contributed by atoms with van der Waals surface area (Å²) in [4.78, 5) is 14.2. The summed E-state index contributed by atoms with van der Waals surface area (Å²) in [5.74, 6) is -0.142. The third kappa shape index (κ3) is 3.62. The number of rotatable bonds is 6. The van der Waals surface area contributed by atoms with Crippen molar-refractivity contribution in [1.29, 1.82) is 0 Å². The van der Waals surface area contributed by atoms with E-state index in [-0.39, 0.29) is 11.7 Å². The van der Waals surface area contributed by atoms with Crippen molar-refractivity contribution >= 4 is 21.7 Å². The molecule has 0 bridgehead atoms. The van der Waals surface area contributed by atoms with E-state index in [1.54, 1.807) is 10.9 Å². The fourth-order valence-corrected chi connectivity index (χ4v) is 1.90. The topological polar surface area (TPSA) is 64.2 Å². The summed E-state index contributed by atoms with van der Waals surface area (Å²) in [5, 5.41) is 4.21. The Morgan fingerprint density at radius 3 is 2.82 bits per heavy atom. The lowest BCUT2D eigenvalue weighted by molar-refractivity contribution is 0.0921. The number of halogens is 1. The van der Waals surface area contributed by atoms with Crippen LogP contribution < -0.4 is 5.73 Å². The van der Waals surface area contributed by atoms with Crippen LogP contribution in [-0.2, 0) is 6.54 Å². The van der Waals surface area contributed by atoms with Crippen LogP contribution in [0.5, 0.6) is 0 Å². The predicted molar refractivity (Wildman–Crippen MR) is 71.0 cm³/mol. The Morgan fingerprint density at radius 2 is 2.29 bits per heavy atom. The maximum Gasteiger partial charge on any atom is 0.186 e. The first kappa shape index (κ1) is 14.3. The van der Waals surface area contributed by atoms with E-state index >= 15 is 0 Å². The van der Waals surface area contributed by atoms with Gasteiger partial charge in [-0.05, 0) is 30.0 Å². The summed E-state index contributed by atoms with van der Waals surface area (Å²) in [6, 6.07) is 0. The highest BCUT2D eigenvalue weighted by atomic mass is 79.9. The normalized spacial score (nSPS) is 13.1. The minimum Gasteiger partial charge on any atom is -0.330 e. The molecule has 5 nitrogen and oxygen atoms in total. The van der Waals surface area contributed by atoms with Gasteiger partial charge in [0.05, 0.1) is 17.2 Å². The number of aromatic nitrogens is 2. The molecule has 0 radical (unpaired) electrons. The van der Waals surface area contributed by atoms with Crippen molar-refractivity contribution in [3.05, 3.63) is 16.4 Å². The van der Waals surface area contributed by atoms with Gasteiger partial charge in [0.1, 0.15) is 5.69 Å². The highest BCUT2D eigenvalue weighted by Gasteiger charge is 2.21. The molecule has 0 aliphatic heterocycles. The van der Waals surface area contributed by atoms with Crippen LogP contribution in [0, 0.1) is 5.92 Å². The van der Waals surface area contributed by atoms with Gasteiger partial charge < -0.3 is 10.6 Å². The summed E-state index contributed by atoms with van der Waals surface area (Å²) in [6.07, 6.45) is 1.66. The zero-order chi connectivity index (χ0) is 13.0. The summed E-state index contributed by atoms with van der Waals surface area (Å²) < 4.78 is 2.47. The first-order chi connectivity index (χ1) is 7.97. The molecule has 2 N–H and O–H groups in total. The van der Waals surface area contributed by atoms with Gasteiger partial charge in [-0.15, -0.1) is 0 Å². The molecule has 17 heavy (non-hydrogen) atoms. The van der Waals surface area contributed by atoms with E-state index in [0.717, 1.165) is 11.0 Å². The van der Waals surface area contributed by atoms with E-state index in [1.165, 1.54) is 0 Å². The molecule has 0 aliphatic carbocycles. The fraction of sp³-hybridized carbons (Fsp3) is 0.636. The van der Waals surface area contributed by atoms with Crippen LogP contribution in [-0.4, -0.2) is 47.6 Å². The van der Waals surface area contributed by atoms with Gasteiger partial charge in [-0.2, -0.15) is 5.10 Å². The Labute approximate surface area is 110 Å². The van der Waals surface area contributed by atoms with Gasteiger partial charge in [0, 0.05) is 19.0 Å². The smallest absolute Gasteiger partial charge is 0.186 e. The number of hydrogen-bond donors (Lipinski definition) is 1. The molecule has 0 fully saturated rings. The van der Waals surface area contributed by atoms with Gasteiger partial charge in [0.2, 0.25) is 0 Å². The van der Waals surface area contributed by atoms with Gasteiger partial charge >= 0.3 is 0 Å². The number of carbonyl (C=O) groups excluding carboxylic acids is 1. The standard InChI is InChI=1S/C11H19BrN4O/c1-8(6-13)11(17)10-9(12)7-14-16(10)5-4-15(2)3/h7-8H,4-6,13H2,1-3H3. The van der Waals surface area contributed by atoms with E-state index in [0.29, 0.717) is 18.8 Å². The molecular formula is C11H19BrN4O. The molecular weight excluding hydrogens is 284 g/mol. The van der Waals surface area contributed by atoms with Crippen molar-refractivity contribution in [2.24, 2.45) is 11.7 Å². The molecule has 1 unspecified atom stereocenters. The molecule has 1 aromatic heterocycles. The second-order valence-corrected chi connectivity index (χ2v) is 5.22. The molecule has 96 valence electrons. The van der Waals surface area contributed by atoms with E-state index in [4.69, 9.17) is 5.73 Å². The molecule has 0 aliphatic rings. The van der Waals surface area contributed by atoms with Crippen LogP contribution in [0.4, 0.5) is 0 Å². The number of ketones is 1. The van der Waals surface area contributed by atoms with Gasteiger partial charge in [-0.1, -0.05) is 6.92 Å². The summed E-state index contributed by atoms with van der Waals surface area (Å²) in [7, 11) is 3.98. The van der Waals surface area contributed by atoms with E-state index in [9.17, 15) is 4.79 Å². The number of nitrogens with two attached hydrogens (primary N) is 1. The minimum atomic E-state index is -0.180. The average Bonchev–Trinajstić information content (AvgIpc) is 2.65.